The van der Waals surface area contributed by atoms with E-state index in [0.717, 1.165) is 46.8 Å². The summed E-state index contributed by atoms with van der Waals surface area (Å²) >= 11 is 1.64. The average Bonchev–Trinajstić information content (AvgIpc) is 3.11. The number of aromatic nitrogens is 1. The summed E-state index contributed by atoms with van der Waals surface area (Å²) in [5, 5.41) is 5.04. The summed E-state index contributed by atoms with van der Waals surface area (Å²) in [5.41, 5.74) is 6.36. The van der Waals surface area contributed by atoms with Gasteiger partial charge in [-0.2, -0.15) is 0 Å². The van der Waals surface area contributed by atoms with Crippen molar-refractivity contribution >= 4 is 28.6 Å². The van der Waals surface area contributed by atoms with E-state index < -0.39 is 0 Å². The second-order valence-corrected chi connectivity index (χ2v) is 8.17. The maximum Gasteiger partial charge on any atom is 0.262 e. The molecule has 2 aromatic carbocycles. The molecule has 0 bridgehead atoms. The van der Waals surface area contributed by atoms with E-state index in [1.54, 1.807) is 11.3 Å². The van der Waals surface area contributed by atoms with Gasteiger partial charge >= 0.3 is 0 Å². The first-order chi connectivity index (χ1) is 14.0. The van der Waals surface area contributed by atoms with E-state index in [9.17, 15) is 4.79 Å². The molecule has 3 aromatic rings. The standard InChI is InChI=1S/C23H25N3O2S/c1-4-5-10-26-20(17-7-9-21-19(12-17)25-22(27)13-28-21)14-29-23(26)24-18-8-6-15(2)16(3)11-18/h6-9,11-12,14H,4-5,10,13H2,1-3H3,(H,25,27). The minimum atomic E-state index is -0.121. The number of unbranched alkanes of at least 4 members (excludes halogenated alkanes) is 1. The minimum absolute atomic E-state index is 0.0697. The molecular weight excluding hydrogens is 382 g/mol. The van der Waals surface area contributed by atoms with E-state index in [4.69, 9.17) is 9.73 Å². The Kier molecular flexibility index (Phi) is 5.53. The summed E-state index contributed by atoms with van der Waals surface area (Å²) in [6.45, 7) is 7.39. The van der Waals surface area contributed by atoms with E-state index in [1.807, 2.05) is 18.2 Å². The van der Waals surface area contributed by atoms with Gasteiger partial charge in [-0.05, 0) is 61.7 Å². The Bertz CT molecular complexity index is 1130. The van der Waals surface area contributed by atoms with Crippen LogP contribution < -0.4 is 14.9 Å². The van der Waals surface area contributed by atoms with E-state index in [0.29, 0.717) is 5.75 Å². The van der Waals surface area contributed by atoms with Crippen molar-refractivity contribution in [1.29, 1.82) is 0 Å². The SMILES string of the molecule is CCCCn1c(-c2ccc3c(c2)NC(=O)CO3)csc1=Nc1ccc(C)c(C)c1. The third-order valence-electron chi connectivity index (χ3n) is 5.16. The van der Waals surface area contributed by atoms with Gasteiger partial charge in [0.05, 0.1) is 17.1 Å². The summed E-state index contributed by atoms with van der Waals surface area (Å²) in [6.07, 6.45) is 2.19. The van der Waals surface area contributed by atoms with Gasteiger partial charge in [-0.3, -0.25) is 4.79 Å². The van der Waals surface area contributed by atoms with Crippen LogP contribution in [0.15, 0.2) is 46.8 Å². The zero-order valence-corrected chi connectivity index (χ0v) is 17.8. The van der Waals surface area contributed by atoms with Gasteiger partial charge in [0.1, 0.15) is 5.75 Å². The zero-order valence-electron chi connectivity index (χ0n) is 17.0. The third-order valence-corrected chi connectivity index (χ3v) is 6.02. The number of rotatable bonds is 5. The molecule has 0 spiro atoms. The Labute approximate surface area is 174 Å². The van der Waals surface area contributed by atoms with Crippen molar-refractivity contribution in [3.8, 4) is 17.0 Å². The largest absolute Gasteiger partial charge is 0.482 e. The van der Waals surface area contributed by atoms with Crippen LogP contribution >= 0.6 is 11.3 Å². The molecule has 5 nitrogen and oxygen atoms in total. The quantitative estimate of drug-likeness (QED) is 0.632. The number of nitrogens with one attached hydrogen (secondary N) is 1. The average molecular weight is 408 g/mol. The fraction of sp³-hybridized carbons (Fsp3) is 0.304. The molecule has 1 aliphatic rings. The van der Waals surface area contributed by atoms with Crippen LogP contribution in [0, 0.1) is 13.8 Å². The summed E-state index contributed by atoms with van der Waals surface area (Å²) in [5.74, 6) is 0.591. The molecule has 0 saturated heterocycles. The van der Waals surface area contributed by atoms with E-state index in [-0.39, 0.29) is 12.5 Å². The van der Waals surface area contributed by atoms with Crippen LogP contribution in [0.3, 0.4) is 0 Å². The van der Waals surface area contributed by atoms with Gasteiger partial charge in [0, 0.05) is 17.5 Å². The number of fused-ring (bicyclic) bond motifs is 1. The monoisotopic (exact) mass is 407 g/mol. The maximum atomic E-state index is 11.7. The van der Waals surface area contributed by atoms with Gasteiger partial charge in [0.2, 0.25) is 0 Å². The van der Waals surface area contributed by atoms with Crippen molar-refractivity contribution in [3.63, 3.8) is 0 Å². The smallest absolute Gasteiger partial charge is 0.262 e. The lowest BCUT2D eigenvalue weighted by atomic mass is 10.1. The number of carbonyl (C=O) groups is 1. The number of anilines is 1. The predicted molar refractivity (Wildman–Crippen MR) is 118 cm³/mol. The Morgan fingerprint density at radius 2 is 2.03 bits per heavy atom. The van der Waals surface area contributed by atoms with Gasteiger partial charge in [-0.25, -0.2) is 4.99 Å². The molecule has 0 radical (unpaired) electrons. The number of thiazole rings is 1. The molecule has 29 heavy (non-hydrogen) atoms. The highest BCUT2D eigenvalue weighted by Crippen LogP contribution is 2.33. The Balaban J connectivity index is 1.78. The Morgan fingerprint density at radius 1 is 1.17 bits per heavy atom. The van der Waals surface area contributed by atoms with Crippen molar-refractivity contribution in [2.45, 2.75) is 40.2 Å². The number of nitrogens with zero attached hydrogens (tertiary/aromatic N) is 2. The molecule has 0 saturated carbocycles. The van der Waals surface area contributed by atoms with Crippen molar-refractivity contribution in [1.82, 2.24) is 4.57 Å². The van der Waals surface area contributed by atoms with Crippen LogP contribution in [0.5, 0.6) is 5.75 Å². The topological polar surface area (TPSA) is 55.6 Å². The number of aryl methyl sites for hydroxylation is 2. The molecule has 1 aromatic heterocycles. The summed E-state index contributed by atoms with van der Waals surface area (Å²) in [4.78, 5) is 17.6. The van der Waals surface area contributed by atoms with Crippen LogP contribution in [0.4, 0.5) is 11.4 Å². The molecule has 0 atom stereocenters. The minimum Gasteiger partial charge on any atom is -0.482 e. The fourth-order valence-corrected chi connectivity index (χ4v) is 4.29. The highest BCUT2D eigenvalue weighted by molar-refractivity contribution is 7.07. The normalized spacial score (nSPS) is 13.8. The molecule has 6 heteroatoms. The maximum absolute atomic E-state index is 11.7. The number of hydrogen-bond acceptors (Lipinski definition) is 4. The number of amides is 1. The molecule has 0 fully saturated rings. The number of carbonyl (C=O) groups excluding carboxylic acids is 1. The van der Waals surface area contributed by atoms with Crippen LogP contribution in [0.2, 0.25) is 0 Å². The van der Waals surface area contributed by atoms with Gasteiger partial charge in [0.25, 0.3) is 5.91 Å². The molecule has 0 unspecified atom stereocenters. The van der Waals surface area contributed by atoms with Crippen molar-refractivity contribution < 1.29 is 9.53 Å². The molecule has 4 rings (SSSR count). The predicted octanol–water partition coefficient (Wildman–Crippen LogP) is 5.20. The van der Waals surface area contributed by atoms with Crippen LogP contribution in [0.25, 0.3) is 11.3 Å². The van der Waals surface area contributed by atoms with Crippen molar-refractivity contribution in [2.75, 3.05) is 11.9 Å². The fourth-order valence-electron chi connectivity index (χ4n) is 3.33. The molecule has 2 heterocycles. The molecular formula is C23H25N3O2S. The van der Waals surface area contributed by atoms with Crippen LogP contribution in [-0.4, -0.2) is 17.1 Å². The highest BCUT2D eigenvalue weighted by atomic mass is 32.1. The Morgan fingerprint density at radius 3 is 2.83 bits per heavy atom. The van der Waals surface area contributed by atoms with Crippen LogP contribution in [-0.2, 0) is 11.3 Å². The first-order valence-electron chi connectivity index (χ1n) is 9.92. The third kappa shape index (κ3) is 4.12. The van der Waals surface area contributed by atoms with Gasteiger partial charge < -0.3 is 14.6 Å². The second kappa shape index (κ2) is 8.25. The van der Waals surface area contributed by atoms with E-state index in [2.05, 4.69) is 54.2 Å². The van der Waals surface area contributed by atoms with Crippen LogP contribution in [0.1, 0.15) is 30.9 Å². The van der Waals surface area contributed by atoms with Crippen molar-refractivity contribution in [3.05, 3.63) is 57.7 Å². The lowest BCUT2D eigenvalue weighted by Gasteiger charge is -2.19. The lowest BCUT2D eigenvalue weighted by Crippen LogP contribution is -2.25. The first kappa shape index (κ1) is 19.5. The second-order valence-electron chi connectivity index (χ2n) is 7.34. The van der Waals surface area contributed by atoms with E-state index >= 15 is 0 Å². The van der Waals surface area contributed by atoms with Gasteiger partial charge in [0.15, 0.2) is 11.4 Å². The number of hydrogen-bond donors (Lipinski definition) is 1. The highest BCUT2D eigenvalue weighted by Gasteiger charge is 2.17. The summed E-state index contributed by atoms with van der Waals surface area (Å²) in [7, 11) is 0. The number of benzene rings is 2. The molecule has 150 valence electrons. The van der Waals surface area contributed by atoms with Crippen molar-refractivity contribution in [2.24, 2.45) is 4.99 Å². The molecule has 1 N–H and O–H groups in total. The molecule has 1 amide bonds. The van der Waals surface area contributed by atoms with E-state index in [1.165, 1.54) is 11.1 Å². The summed E-state index contributed by atoms with van der Waals surface area (Å²) < 4.78 is 7.77. The lowest BCUT2D eigenvalue weighted by molar-refractivity contribution is -0.118. The number of ether oxygens (including phenoxy) is 1. The summed E-state index contributed by atoms with van der Waals surface area (Å²) in [6, 6.07) is 12.3. The zero-order chi connectivity index (χ0) is 20.4. The molecule has 1 aliphatic heterocycles. The van der Waals surface area contributed by atoms with Gasteiger partial charge in [-0.15, -0.1) is 11.3 Å². The Hall–Kier alpha value is -2.86. The molecule has 0 aliphatic carbocycles. The van der Waals surface area contributed by atoms with Gasteiger partial charge in [-0.1, -0.05) is 19.4 Å². The first-order valence-corrected chi connectivity index (χ1v) is 10.8.